The first-order valence-corrected chi connectivity index (χ1v) is 13.7. The topological polar surface area (TPSA) is 90.0 Å². The van der Waals surface area contributed by atoms with Crippen molar-refractivity contribution in [1.82, 2.24) is 14.5 Å². The van der Waals surface area contributed by atoms with Crippen molar-refractivity contribution < 1.29 is 18.0 Å². The fourth-order valence-electron chi connectivity index (χ4n) is 4.28. The van der Waals surface area contributed by atoms with E-state index in [4.69, 9.17) is 0 Å². The zero-order valence-electron chi connectivity index (χ0n) is 18.6. The first-order valence-electron chi connectivity index (χ1n) is 11.4. The van der Waals surface area contributed by atoms with Crippen molar-refractivity contribution in [3.05, 3.63) is 46.7 Å². The Balaban J connectivity index is 1.26. The lowest BCUT2D eigenvalue weighted by atomic mass is 10.2. The number of benzene rings is 1. The second kappa shape index (κ2) is 10.7. The lowest BCUT2D eigenvalue weighted by Gasteiger charge is -2.36. The molecule has 2 aromatic rings. The van der Waals surface area contributed by atoms with E-state index in [2.05, 4.69) is 22.3 Å². The zero-order valence-corrected chi connectivity index (χ0v) is 20.2. The largest absolute Gasteiger partial charge is 0.368 e. The molecule has 2 aliphatic heterocycles. The Bertz CT molecular complexity index is 1060. The van der Waals surface area contributed by atoms with Crippen molar-refractivity contribution in [3.8, 4) is 0 Å². The van der Waals surface area contributed by atoms with Crippen LogP contribution < -0.4 is 10.2 Å². The number of piperazine rings is 1. The van der Waals surface area contributed by atoms with Gasteiger partial charge in [-0.1, -0.05) is 24.6 Å². The number of sulfonamides is 1. The molecule has 4 rings (SSSR count). The summed E-state index contributed by atoms with van der Waals surface area (Å²) in [4.78, 5) is 29.6. The minimum absolute atomic E-state index is 0.00430. The van der Waals surface area contributed by atoms with Crippen LogP contribution in [0.25, 0.3) is 0 Å². The number of hydrogen-bond donors (Lipinski definition) is 1. The summed E-state index contributed by atoms with van der Waals surface area (Å²) >= 11 is 1.11. The van der Waals surface area contributed by atoms with E-state index in [0.29, 0.717) is 26.2 Å². The third kappa shape index (κ3) is 5.56. The predicted octanol–water partition coefficient (Wildman–Crippen LogP) is 2.39. The molecule has 0 radical (unpaired) electrons. The van der Waals surface area contributed by atoms with E-state index < -0.39 is 15.9 Å². The minimum atomic E-state index is -3.68. The maximum absolute atomic E-state index is 13.0. The van der Waals surface area contributed by atoms with Crippen LogP contribution in [-0.2, 0) is 14.8 Å². The van der Waals surface area contributed by atoms with Crippen molar-refractivity contribution in [1.29, 1.82) is 0 Å². The van der Waals surface area contributed by atoms with Gasteiger partial charge < -0.3 is 15.1 Å². The molecular weight excluding hydrogens is 460 g/mol. The number of hydrogen-bond acceptors (Lipinski definition) is 6. The van der Waals surface area contributed by atoms with E-state index in [-0.39, 0.29) is 28.6 Å². The second-order valence-corrected chi connectivity index (χ2v) is 11.1. The molecule has 2 aliphatic rings. The highest BCUT2D eigenvalue weighted by Gasteiger charge is 2.31. The van der Waals surface area contributed by atoms with E-state index in [1.54, 1.807) is 5.38 Å². The highest BCUT2D eigenvalue weighted by molar-refractivity contribution is 7.89. The van der Waals surface area contributed by atoms with Crippen LogP contribution in [0.4, 0.5) is 5.69 Å². The molecule has 3 heterocycles. The van der Waals surface area contributed by atoms with Gasteiger partial charge in [0.05, 0.1) is 0 Å². The van der Waals surface area contributed by atoms with Crippen molar-refractivity contribution in [3.63, 3.8) is 0 Å². The summed E-state index contributed by atoms with van der Waals surface area (Å²) in [6.07, 6.45) is 2.90. The number of thiophene rings is 1. The Hall–Kier alpha value is -2.43. The molecule has 0 atom stereocenters. The Labute approximate surface area is 199 Å². The fraction of sp³-hybridized carbons (Fsp3) is 0.478. The zero-order chi connectivity index (χ0) is 23.3. The van der Waals surface area contributed by atoms with Gasteiger partial charge in [-0.05, 0) is 36.4 Å². The molecule has 2 saturated heterocycles. The number of amides is 2. The van der Waals surface area contributed by atoms with Gasteiger partial charge in [-0.2, -0.15) is 4.31 Å². The molecular formula is C23H30N4O4S2. The van der Waals surface area contributed by atoms with Gasteiger partial charge in [0.25, 0.3) is 5.91 Å². The van der Waals surface area contributed by atoms with Crippen LogP contribution >= 0.6 is 11.3 Å². The standard InChI is InChI=1S/C23H30N4O4S2/c28-21(26-16-14-25(15-17-26)19-7-3-1-4-8-19)9-11-24-23(29)22-20(10-18-32-22)33(30,31)27-12-5-2-6-13-27/h1,3-4,7-8,10,18H,2,5-6,9,11-17H2,(H,24,29). The van der Waals surface area contributed by atoms with Gasteiger partial charge >= 0.3 is 0 Å². The van der Waals surface area contributed by atoms with Crippen LogP contribution in [0, 0.1) is 0 Å². The Morgan fingerprint density at radius 2 is 1.61 bits per heavy atom. The summed E-state index contributed by atoms with van der Waals surface area (Å²) in [5.41, 5.74) is 1.16. The molecule has 0 bridgehead atoms. The molecule has 33 heavy (non-hydrogen) atoms. The summed E-state index contributed by atoms with van der Waals surface area (Å²) in [6, 6.07) is 11.6. The molecule has 178 valence electrons. The van der Waals surface area contributed by atoms with Crippen LogP contribution in [0.1, 0.15) is 35.4 Å². The van der Waals surface area contributed by atoms with Crippen molar-refractivity contribution in [2.24, 2.45) is 0 Å². The predicted molar refractivity (Wildman–Crippen MR) is 129 cm³/mol. The van der Waals surface area contributed by atoms with E-state index in [1.807, 2.05) is 23.1 Å². The van der Waals surface area contributed by atoms with Crippen molar-refractivity contribution in [2.75, 3.05) is 50.7 Å². The maximum Gasteiger partial charge on any atom is 0.262 e. The van der Waals surface area contributed by atoms with E-state index >= 15 is 0 Å². The normalized spacial score (nSPS) is 17.7. The Morgan fingerprint density at radius 1 is 0.909 bits per heavy atom. The van der Waals surface area contributed by atoms with E-state index in [0.717, 1.165) is 49.4 Å². The minimum Gasteiger partial charge on any atom is -0.368 e. The lowest BCUT2D eigenvalue weighted by molar-refractivity contribution is -0.131. The summed E-state index contributed by atoms with van der Waals surface area (Å²) in [7, 11) is -3.68. The molecule has 2 fully saturated rings. The molecule has 1 N–H and O–H groups in total. The number of nitrogens with zero attached hydrogens (tertiary/aromatic N) is 3. The molecule has 2 amide bonds. The molecule has 1 aromatic heterocycles. The van der Waals surface area contributed by atoms with Crippen molar-refractivity contribution >= 4 is 38.9 Å². The first-order chi connectivity index (χ1) is 16.0. The molecule has 0 unspecified atom stereocenters. The molecule has 8 nitrogen and oxygen atoms in total. The highest BCUT2D eigenvalue weighted by Crippen LogP contribution is 2.27. The Morgan fingerprint density at radius 3 is 2.30 bits per heavy atom. The average Bonchev–Trinajstić information content (AvgIpc) is 3.36. The third-order valence-corrected chi connectivity index (χ3v) is 9.13. The summed E-state index contributed by atoms with van der Waals surface area (Å²) < 4.78 is 27.4. The van der Waals surface area contributed by atoms with Crippen molar-refractivity contribution in [2.45, 2.75) is 30.6 Å². The number of carbonyl (C=O) groups is 2. The van der Waals surface area contributed by atoms with Crippen LogP contribution in [0.15, 0.2) is 46.7 Å². The lowest BCUT2D eigenvalue weighted by Crippen LogP contribution is -2.49. The summed E-state index contributed by atoms with van der Waals surface area (Å²) in [5.74, 6) is -0.447. The number of para-hydroxylation sites is 1. The average molecular weight is 491 g/mol. The highest BCUT2D eigenvalue weighted by atomic mass is 32.2. The van der Waals surface area contributed by atoms with Crippen LogP contribution in [0.2, 0.25) is 0 Å². The number of rotatable bonds is 7. The van der Waals surface area contributed by atoms with Gasteiger partial charge in [0.15, 0.2) is 0 Å². The SMILES string of the molecule is O=C(NCCC(=O)N1CCN(c2ccccc2)CC1)c1sccc1S(=O)(=O)N1CCCCC1. The third-order valence-electron chi connectivity index (χ3n) is 6.15. The monoisotopic (exact) mass is 490 g/mol. The number of nitrogens with one attached hydrogen (secondary N) is 1. The van der Waals surface area contributed by atoms with Gasteiger partial charge in [0, 0.05) is 57.9 Å². The number of carbonyl (C=O) groups excluding carboxylic acids is 2. The molecule has 0 spiro atoms. The summed E-state index contributed by atoms with van der Waals surface area (Å²) in [5, 5.41) is 4.36. The number of anilines is 1. The fourth-order valence-corrected chi connectivity index (χ4v) is 7.12. The van der Waals surface area contributed by atoms with Gasteiger partial charge in [0.2, 0.25) is 15.9 Å². The van der Waals surface area contributed by atoms with E-state index in [1.165, 1.54) is 10.4 Å². The molecule has 1 aromatic carbocycles. The molecule has 0 aliphatic carbocycles. The molecule has 0 saturated carbocycles. The van der Waals surface area contributed by atoms with Gasteiger partial charge in [-0.15, -0.1) is 11.3 Å². The maximum atomic E-state index is 13.0. The van der Waals surface area contributed by atoms with Gasteiger partial charge in [-0.3, -0.25) is 9.59 Å². The first kappa shape index (κ1) is 23.7. The smallest absolute Gasteiger partial charge is 0.262 e. The van der Waals surface area contributed by atoms with E-state index in [9.17, 15) is 18.0 Å². The second-order valence-electron chi connectivity index (χ2n) is 8.29. The number of piperidine rings is 1. The molecule has 10 heteroatoms. The summed E-state index contributed by atoms with van der Waals surface area (Å²) in [6.45, 7) is 3.99. The Kier molecular flexibility index (Phi) is 7.67. The van der Waals surface area contributed by atoms with Crippen LogP contribution in [-0.4, -0.2) is 75.3 Å². The van der Waals surface area contributed by atoms with Crippen LogP contribution in [0.3, 0.4) is 0 Å². The van der Waals surface area contributed by atoms with Crippen LogP contribution in [0.5, 0.6) is 0 Å². The van der Waals surface area contributed by atoms with Gasteiger partial charge in [-0.25, -0.2) is 8.42 Å². The van der Waals surface area contributed by atoms with Gasteiger partial charge in [0.1, 0.15) is 9.77 Å². The quantitative estimate of drug-likeness (QED) is 0.644.